The monoisotopic (exact) mass is 904 g/mol. The molecule has 1 rings (SSSR count). The minimum Gasteiger partial charge on any atom is -0.386 e. The largest absolute Gasteiger partial charge is 0.386 e. The Balaban J connectivity index is 2.86. The average Bonchev–Trinajstić information content (AvgIpc) is 3.20. The van der Waals surface area contributed by atoms with Crippen LogP contribution in [0, 0.1) is 0 Å². The number of rotatable bonds is 40. The van der Waals surface area contributed by atoms with E-state index in [1.54, 1.807) is 0 Å². The molecule has 3 unspecified atom stereocenters. The van der Waals surface area contributed by atoms with Crippen LogP contribution in [-0.4, -0.2) is 214 Å². The molecule has 18 nitrogen and oxygen atoms in total. The molecule has 0 aliphatic carbocycles. The number of alkyl halides is 1. The van der Waals surface area contributed by atoms with Gasteiger partial charge in [-0.05, 0) is 66.1 Å². The van der Waals surface area contributed by atoms with E-state index >= 15 is 0 Å². The second-order valence-corrected chi connectivity index (χ2v) is 17.5. The maximum atomic E-state index is 13.0. The first kappa shape index (κ1) is 56.9. The number of nitrogens with one attached hydrogen (secondary N) is 5. The van der Waals surface area contributed by atoms with Crippen LogP contribution in [0.5, 0.6) is 0 Å². The summed E-state index contributed by atoms with van der Waals surface area (Å²) in [7, 11) is 1.83. The van der Waals surface area contributed by atoms with E-state index in [0.29, 0.717) is 141 Å². The third kappa shape index (κ3) is 27.9. The van der Waals surface area contributed by atoms with Crippen molar-refractivity contribution in [3.8, 4) is 0 Å². The molecule has 0 aromatic rings. The van der Waals surface area contributed by atoms with Gasteiger partial charge in [-0.2, -0.15) is 0 Å². The first-order valence-electron chi connectivity index (χ1n) is 22.7. The molecule has 4 amide bonds. The highest BCUT2D eigenvalue weighted by Gasteiger charge is 2.42. The maximum absolute atomic E-state index is 13.0. The molecule has 0 aromatic carbocycles. The lowest BCUT2D eigenvalue weighted by molar-refractivity contribution is -0.970. The lowest BCUT2D eigenvalue weighted by Gasteiger charge is -2.48. The van der Waals surface area contributed by atoms with E-state index in [2.05, 4.69) is 38.3 Å². The zero-order valence-corrected chi connectivity index (χ0v) is 38.9. The minimum atomic E-state index is -0.923. The van der Waals surface area contributed by atoms with Gasteiger partial charge >= 0.3 is 0 Å². The van der Waals surface area contributed by atoms with E-state index in [0.717, 1.165) is 6.54 Å². The molecule has 1 aliphatic rings. The zero-order valence-electron chi connectivity index (χ0n) is 38.1. The van der Waals surface area contributed by atoms with E-state index in [1.165, 1.54) is 13.8 Å². The van der Waals surface area contributed by atoms with E-state index in [-0.39, 0.29) is 97.2 Å². The molecule has 1 aliphatic heterocycles. The number of halogens is 1. The smallest absolute Gasteiger partial charge is 0.220 e. The number of hydrogen-bond acceptors (Lipinski definition) is 12. The van der Waals surface area contributed by atoms with Crippen LogP contribution in [0.4, 0.5) is 0 Å². The highest BCUT2D eigenvalue weighted by atomic mass is 35.5. The van der Waals surface area contributed by atoms with Gasteiger partial charge in [0.05, 0.1) is 58.2 Å². The van der Waals surface area contributed by atoms with Gasteiger partial charge in [-0.15, -0.1) is 11.6 Å². The Morgan fingerprint density at radius 1 is 0.694 bits per heavy atom. The molecule has 0 bridgehead atoms. The first-order chi connectivity index (χ1) is 29.6. The maximum Gasteiger partial charge on any atom is 0.220 e. The molecule has 1 saturated heterocycles. The summed E-state index contributed by atoms with van der Waals surface area (Å²) in [6.07, 6.45) is 3.43. The Morgan fingerprint density at radius 2 is 1.13 bits per heavy atom. The number of aliphatic hydroxyl groups excluding tert-OH is 3. The number of hydrogen-bond donors (Lipinski definition) is 8. The van der Waals surface area contributed by atoms with Crippen LogP contribution in [0.15, 0.2) is 4.99 Å². The molecule has 358 valence electrons. The Hall–Kier alpha value is -3.10. The number of carbonyl (C=O) groups is 6. The van der Waals surface area contributed by atoms with Gasteiger partial charge < -0.3 is 60.5 Å². The number of amides is 4. The normalized spacial score (nSPS) is 17.9. The number of ketones is 2. The summed E-state index contributed by atoms with van der Waals surface area (Å²) in [5, 5.41) is 47.2. The molecule has 19 heteroatoms. The Labute approximate surface area is 375 Å². The number of Topliss-reactive ketones (excluding diaryl/α,β-unsaturated/α-hetero) is 2. The quantitative estimate of drug-likeness (QED) is 0.0169. The standard InChI is InChI=1S/C43H80ClN9O9/c1-35(54)11-5-7-13-40(59)47-18-24-51(23-17-45-3)30-38(57)32-53(31-37(56)29-44,27-21-49-41(60)14-8-6-12-36(2)55)28-22-50-43(62)16-10-9-15-42(61)48-20-26-52(25-19-46-4)33-39(58)34-52/h37-39,45,56-58H,4-34H2,1-3H3,(H2-2,47,48,49,50,59,60,61,62)/p+2. The molecule has 0 aromatic heterocycles. The molecule has 0 saturated carbocycles. The number of carbonyl (C=O) groups excluding carboxylic acids is 6. The number of likely N-dealkylation sites (N-methyl/N-ethyl adjacent to an activating group) is 1. The second-order valence-electron chi connectivity index (χ2n) is 17.2. The summed E-state index contributed by atoms with van der Waals surface area (Å²) in [4.78, 5) is 79.1. The number of likely N-dealkylation sites (tertiary alicyclic amines) is 1. The van der Waals surface area contributed by atoms with Gasteiger partial charge in [0.25, 0.3) is 0 Å². The zero-order chi connectivity index (χ0) is 46.2. The van der Waals surface area contributed by atoms with Crippen LogP contribution in [0.1, 0.15) is 90.9 Å². The molecular weight excluding hydrogens is 822 g/mol. The van der Waals surface area contributed by atoms with Crippen LogP contribution in [0.3, 0.4) is 0 Å². The number of quaternary nitrogens is 2. The third-order valence-electron chi connectivity index (χ3n) is 11.3. The molecule has 3 atom stereocenters. The van der Waals surface area contributed by atoms with E-state index < -0.39 is 12.2 Å². The average molecular weight is 905 g/mol. The number of aliphatic hydroxyl groups is 3. The van der Waals surface area contributed by atoms with Gasteiger partial charge in [0.2, 0.25) is 23.6 Å². The van der Waals surface area contributed by atoms with Crippen molar-refractivity contribution in [1.29, 1.82) is 0 Å². The van der Waals surface area contributed by atoms with Crippen molar-refractivity contribution in [2.75, 3.05) is 124 Å². The fourth-order valence-corrected chi connectivity index (χ4v) is 8.01. The topological polar surface area (TPSA) is 239 Å². The molecule has 62 heavy (non-hydrogen) atoms. The fourth-order valence-electron chi connectivity index (χ4n) is 7.91. The van der Waals surface area contributed by atoms with Gasteiger partial charge in [-0.1, -0.05) is 0 Å². The van der Waals surface area contributed by atoms with Crippen molar-refractivity contribution in [3.05, 3.63) is 0 Å². The van der Waals surface area contributed by atoms with Crippen molar-refractivity contribution in [2.24, 2.45) is 4.99 Å². The summed E-state index contributed by atoms with van der Waals surface area (Å²) in [5.74, 6) is -0.380. The summed E-state index contributed by atoms with van der Waals surface area (Å²) < 4.78 is 0.865. The van der Waals surface area contributed by atoms with Gasteiger partial charge in [0.15, 0.2) is 6.10 Å². The Kier molecular flexibility index (Phi) is 30.7. The molecule has 0 radical (unpaired) electrons. The summed E-state index contributed by atoms with van der Waals surface area (Å²) in [6.45, 7) is 14.4. The van der Waals surface area contributed by atoms with Crippen LogP contribution >= 0.6 is 11.6 Å². The van der Waals surface area contributed by atoms with E-state index in [4.69, 9.17) is 11.6 Å². The van der Waals surface area contributed by atoms with Gasteiger partial charge in [-0.3, -0.25) is 29.1 Å². The van der Waals surface area contributed by atoms with Crippen molar-refractivity contribution in [2.45, 2.75) is 109 Å². The van der Waals surface area contributed by atoms with E-state index in [9.17, 15) is 44.1 Å². The number of unbranched alkanes of at least 4 members (excludes halogenated alkanes) is 3. The van der Waals surface area contributed by atoms with Crippen LogP contribution in [0.2, 0.25) is 0 Å². The van der Waals surface area contributed by atoms with Crippen molar-refractivity contribution < 1.29 is 53.1 Å². The van der Waals surface area contributed by atoms with Crippen LogP contribution in [-0.2, 0) is 28.8 Å². The number of aliphatic imine (C=N–C) groups is 1. The predicted octanol–water partition coefficient (Wildman–Crippen LogP) is -0.499. The molecule has 1 fully saturated rings. The van der Waals surface area contributed by atoms with Crippen LogP contribution < -0.4 is 26.6 Å². The second kappa shape index (κ2) is 33.4. The first-order valence-corrected chi connectivity index (χ1v) is 23.3. The summed E-state index contributed by atoms with van der Waals surface area (Å²) in [6, 6.07) is 0. The highest BCUT2D eigenvalue weighted by molar-refractivity contribution is 6.18. The van der Waals surface area contributed by atoms with E-state index in [1.807, 2.05) is 11.9 Å². The minimum absolute atomic E-state index is 0.0444. The van der Waals surface area contributed by atoms with Gasteiger partial charge in [0, 0.05) is 71.2 Å². The molecule has 0 spiro atoms. The lowest BCUT2D eigenvalue weighted by Crippen LogP contribution is -2.68. The Bertz CT molecular complexity index is 1340. The predicted molar refractivity (Wildman–Crippen MR) is 242 cm³/mol. The fraction of sp³-hybridized carbons (Fsp3) is 0.837. The SMILES string of the molecule is C=NCC[N+]1(CCNC(=O)CCCCC(=O)NCC[N+](CCNC(=O)CCCCC(C)=O)(CC(O)CCl)CC(O)CN(CCNC)CCNC(=O)CCCCC(C)=O)CC(O)C1. The highest BCUT2D eigenvalue weighted by Crippen LogP contribution is 2.20. The molecule has 8 N–H and O–H groups in total. The Morgan fingerprint density at radius 3 is 1.56 bits per heavy atom. The van der Waals surface area contributed by atoms with Gasteiger partial charge in [-0.25, -0.2) is 0 Å². The number of nitrogens with zero attached hydrogens (tertiary/aromatic N) is 4. The lowest BCUT2D eigenvalue weighted by atomic mass is 10.1. The van der Waals surface area contributed by atoms with Gasteiger partial charge in [0.1, 0.15) is 50.0 Å². The summed E-state index contributed by atoms with van der Waals surface area (Å²) >= 11 is 6.11. The third-order valence-corrected chi connectivity index (χ3v) is 11.7. The van der Waals surface area contributed by atoms with Crippen LogP contribution in [0.25, 0.3) is 0 Å². The van der Waals surface area contributed by atoms with Crippen molar-refractivity contribution >= 4 is 53.5 Å². The summed E-state index contributed by atoms with van der Waals surface area (Å²) in [5.41, 5.74) is 0. The van der Waals surface area contributed by atoms with Crippen molar-refractivity contribution in [3.63, 3.8) is 0 Å². The molecular formula is C43H82ClN9O9+2. The molecule has 1 heterocycles. The van der Waals surface area contributed by atoms with Crippen molar-refractivity contribution in [1.82, 2.24) is 31.5 Å².